The van der Waals surface area contributed by atoms with Gasteiger partial charge in [0.15, 0.2) is 0 Å². The predicted molar refractivity (Wildman–Crippen MR) is 81.4 cm³/mol. The Balaban J connectivity index is 2.56. The Hall–Kier alpha value is -1.43. The Morgan fingerprint density at radius 1 is 1.38 bits per heavy atom. The summed E-state index contributed by atoms with van der Waals surface area (Å²) in [5.41, 5.74) is 0.681. The molecule has 116 valence electrons. The van der Waals surface area contributed by atoms with Crippen LogP contribution in [0, 0.1) is 11.7 Å². The highest BCUT2D eigenvalue weighted by Gasteiger charge is 2.20. The van der Waals surface area contributed by atoms with Crippen LogP contribution in [0.1, 0.15) is 32.3 Å². The van der Waals surface area contributed by atoms with Crippen LogP contribution in [0.2, 0.25) is 0 Å². The van der Waals surface area contributed by atoms with Gasteiger partial charge in [0.2, 0.25) is 5.91 Å². The summed E-state index contributed by atoms with van der Waals surface area (Å²) in [6.07, 6.45) is 0.840. The van der Waals surface area contributed by atoms with E-state index in [9.17, 15) is 14.0 Å². The van der Waals surface area contributed by atoms with Gasteiger partial charge in [-0.15, -0.1) is 0 Å². The lowest BCUT2D eigenvalue weighted by atomic mass is 10.0. The van der Waals surface area contributed by atoms with Crippen LogP contribution >= 0.6 is 15.9 Å². The molecule has 21 heavy (non-hydrogen) atoms. The third-order valence-corrected chi connectivity index (χ3v) is 3.74. The molecule has 0 bridgehead atoms. The standard InChI is InChI=1S/C15H19BrFNO3/c1-9(2)7-13(15(20)21)18-14(19)6-3-10-8-11(17)4-5-12(10)16/h4-5,8-9,13H,3,6-7H2,1-2H3,(H,18,19)(H,20,21). The van der Waals surface area contributed by atoms with Gasteiger partial charge < -0.3 is 10.4 Å². The van der Waals surface area contributed by atoms with Gasteiger partial charge in [-0.05, 0) is 42.5 Å². The summed E-state index contributed by atoms with van der Waals surface area (Å²) < 4.78 is 13.9. The summed E-state index contributed by atoms with van der Waals surface area (Å²) in [6, 6.07) is 3.40. The van der Waals surface area contributed by atoms with Crippen LogP contribution in [-0.4, -0.2) is 23.0 Å². The molecule has 1 amide bonds. The van der Waals surface area contributed by atoms with Gasteiger partial charge in [-0.1, -0.05) is 29.8 Å². The van der Waals surface area contributed by atoms with Crippen molar-refractivity contribution in [1.82, 2.24) is 5.32 Å². The van der Waals surface area contributed by atoms with Crippen molar-refractivity contribution in [2.24, 2.45) is 5.92 Å². The van der Waals surface area contributed by atoms with E-state index in [0.29, 0.717) is 18.4 Å². The van der Waals surface area contributed by atoms with Crippen molar-refractivity contribution >= 4 is 27.8 Å². The van der Waals surface area contributed by atoms with E-state index in [4.69, 9.17) is 5.11 Å². The minimum absolute atomic E-state index is 0.115. The highest BCUT2D eigenvalue weighted by atomic mass is 79.9. The van der Waals surface area contributed by atoms with E-state index in [1.54, 1.807) is 6.07 Å². The number of nitrogens with one attached hydrogen (secondary N) is 1. The van der Waals surface area contributed by atoms with Crippen LogP contribution < -0.4 is 5.32 Å². The Morgan fingerprint density at radius 2 is 2.05 bits per heavy atom. The molecule has 2 N–H and O–H groups in total. The van der Waals surface area contributed by atoms with Gasteiger partial charge in [0.1, 0.15) is 11.9 Å². The van der Waals surface area contributed by atoms with Crippen molar-refractivity contribution in [3.05, 3.63) is 34.1 Å². The molecule has 0 aromatic heterocycles. The number of hydrogen-bond donors (Lipinski definition) is 2. The summed E-state index contributed by atoms with van der Waals surface area (Å²) in [7, 11) is 0. The zero-order valence-electron chi connectivity index (χ0n) is 12.0. The normalized spacial score (nSPS) is 12.2. The lowest BCUT2D eigenvalue weighted by Crippen LogP contribution is -2.41. The average Bonchev–Trinajstić information content (AvgIpc) is 2.38. The van der Waals surface area contributed by atoms with Crippen LogP contribution in [0.25, 0.3) is 0 Å². The van der Waals surface area contributed by atoms with E-state index in [1.807, 2.05) is 13.8 Å². The second-order valence-corrected chi connectivity index (χ2v) is 6.18. The Labute approximate surface area is 131 Å². The SMILES string of the molecule is CC(C)CC(NC(=O)CCc1cc(F)ccc1Br)C(=O)O. The molecule has 4 nitrogen and oxygen atoms in total. The molecule has 6 heteroatoms. The van der Waals surface area contributed by atoms with Crippen LogP contribution in [0.4, 0.5) is 4.39 Å². The number of carbonyl (C=O) groups excluding carboxylic acids is 1. The van der Waals surface area contributed by atoms with Gasteiger partial charge in [0.05, 0.1) is 0 Å². The third kappa shape index (κ3) is 6.25. The number of aryl methyl sites for hydroxylation is 1. The zero-order valence-corrected chi connectivity index (χ0v) is 13.6. The maximum Gasteiger partial charge on any atom is 0.326 e. The van der Waals surface area contributed by atoms with Gasteiger partial charge in [-0.25, -0.2) is 9.18 Å². The molecule has 1 rings (SSSR count). The second-order valence-electron chi connectivity index (χ2n) is 5.32. The van der Waals surface area contributed by atoms with Crippen molar-refractivity contribution in [1.29, 1.82) is 0 Å². The third-order valence-electron chi connectivity index (χ3n) is 2.97. The molecule has 0 aliphatic heterocycles. The fourth-order valence-electron chi connectivity index (χ4n) is 1.94. The number of carboxylic acids is 1. The average molecular weight is 360 g/mol. The van der Waals surface area contributed by atoms with E-state index in [0.717, 1.165) is 4.47 Å². The number of rotatable bonds is 7. The minimum atomic E-state index is -1.04. The first-order valence-electron chi connectivity index (χ1n) is 6.75. The molecule has 0 aliphatic rings. The molecule has 0 fully saturated rings. The molecule has 0 aliphatic carbocycles. The van der Waals surface area contributed by atoms with Crippen molar-refractivity contribution < 1.29 is 19.1 Å². The maximum absolute atomic E-state index is 13.1. The van der Waals surface area contributed by atoms with Gasteiger partial charge >= 0.3 is 5.97 Å². The lowest BCUT2D eigenvalue weighted by molar-refractivity contribution is -0.142. The van der Waals surface area contributed by atoms with E-state index in [1.165, 1.54) is 12.1 Å². The number of carbonyl (C=O) groups is 2. The fourth-order valence-corrected chi connectivity index (χ4v) is 2.39. The Kier molecular flexibility index (Phi) is 6.81. The number of hydrogen-bond acceptors (Lipinski definition) is 2. The first kappa shape index (κ1) is 17.6. The molecule has 0 spiro atoms. The predicted octanol–water partition coefficient (Wildman–Crippen LogP) is 3.14. The van der Waals surface area contributed by atoms with Crippen LogP contribution in [-0.2, 0) is 16.0 Å². The van der Waals surface area contributed by atoms with Crippen molar-refractivity contribution in [3.8, 4) is 0 Å². The zero-order chi connectivity index (χ0) is 16.0. The van der Waals surface area contributed by atoms with Gasteiger partial charge in [-0.3, -0.25) is 4.79 Å². The number of aliphatic carboxylic acids is 1. The number of benzene rings is 1. The molecule has 0 saturated heterocycles. The lowest BCUT2D eigenvalue weighted by Gasteiger charge is -2.16. The largest absolute Gasteiger partial charge is 0.480 e. The monoisotopic (exact) mass is 359 g/mol. The molecule has 0 radical (unpaired) electrons. The first-order valence-corrected chi connectivity index (χ1v) is 7.55. The summed E-state index contributed by atoms with van der Waals surface area (Å²) in [6.45, 7) is 3.79. The molecule has 0 saturated carbocycles. The van der Waals surface area contributed by atoms with E-state index < -0.39 is 12.0 Å². The summed E-state index contributed by atoms with van der Waals surface area (Å²) in [4.78, 5) is 22.9. The molecule has 1 aromatic carbocycles. The van der Waals surface area contributed by atoms with Crippen molar-refractivity contribution in [3.63, 3.8) is 0 Å². The van der Waals surface area contributed by atoms with E-state index >= 15 is 0 Å². The van der Waals surface area contributed by atoms with Crippen molar-refractivity contribution in [2.75, 3.05) is 0 Å². The van der Waals surface area contributed by atoms with E-state index in [-0.39, 0.29) is 24.1 Å². The topological polar surface area (TPSA) is 66.4 Å². The Bertz CT molecular complexity index is 520. The van der Waals surface area contributed by atoms with E-state index in [2.05, 4.69) is 21.2 Å². The van der Waals surface area contributed by atoms with Crippen molar-refractivity contribution in [2.45, 2.75) is 39.2 Å². The van der Waals surface area contributed by atoms with Gasteiger partial charge in [-0.2, -0.15) is 0 Å². The highest BCUT2D eigenvalue weighted by molar-refractivity contribution is 9.10. The van der Waals surface area contributed by atoms with Crippen LogP contribution in [0.5, 0.6) is 0 Å². The van der Waals surface area contributed by atoms with Crippen LogP contribution in [0.3, 0.4) is 0 Å². The highest BCUT2D eigenvalue weighted by Crippen LogP contribution is 2.19. The quantitative estimate of drug-likeness (QED) is 0.785. The number of amides is 1. The second kappa shape index (κ2) is 8.12. The van der Waals surface area contributed by atoms with Gasteiger partial charge in [0.25, 0.3) is 0 Å². The molecule has 0 heterocycles. The Morgan fingerprint density at radius 3 is 2.62 bits per heavy atom. The molecular formula is C15H19BrFNO3. The molecular weight excluding hydrogens is 341 g/mol. The molecule has 1 atom stereocenters. The summed E-state index contributed by atoms with van der Waals surface area (Å²) in [5.74, 6) is -1.58. The summed E-state index contributed by atoms with van der Waals surface area (Å²) >= 11 is 3.29. The number of carboxylic acid groups (broad SMARTS) is 1. The molecule has 1 unspecified atom stereocenters. The summed E-state index contributed by atoms with van der Waals surface area (Å²) in [5, 5.41) is 11.6. The minimum Gasteiger partial charge on any atom is -0.480 e. The smallest absolute Gasteiger partial charge is 0.326 e. The number of halogens is 2. The molecule has 1 aromatic rings. The first-order chi connectivity index (χ1) is 9.79. The van der Waals surface area contributed by atoms with Crippen LogP contribution in [0.15, 0.2) is 22.7 Å². The van der Waals surface area contributed by atoms with Gasteiger partial charge in [0, 0.05) is 10.9 Å². The fraction of sp³-hybridized carbons (Fsp3) is 0.467. The maximum atomic E-state index is 13.1.